The maximum absolute atomic E-state index is 4.37. The summed E-state index contributed by atoms with van der Waals surface area (Å²) < 4.78 is 0. The van der Waals surface area contributed by atoms with Crippen LogP contribution in [0.1, 0.15) is 35.0 Å². The Morgan fingerprint density at radius 2 is 2.24 bits per heavy atom. The Morgan fingerprint density at radius 3 is 2.82 bits per heavy atom. The normalized spacial score (nSPS) is 12.8. The molecule has 0 aromatic carbocycles. The molecular weight excluding hydrogens is 250 g/mol. The summed E-state index contributed by atoms with van der Waals surface area (Å²) in [7, 11) is 0. The molecule has 0 amide bonds. The Labute approximate surface area is 110 Å². The van der Waals surface area contributed by atoms with E-state index in [2.05, 4.69) is 29.1 Å². The molecule has 0 aliphatic heterocycles. The summed E-state index contributed by atoms with van der Waals surface area (Å²) in [5.41, 5.74) is 3.06. The van der Waals surface area contributed by atoms with Crippen molar-refractivity contribution in [2.45, 2.75) is 32.7 Å². The van der Waals surface area contributed by atoms with Gasteiger partial charge in [0.15, 0.2) is 0 Å². The average molecular weight is 267 g/mol. The van der Waals surface area contributed by atoms with Crippen molar-refractivity contribution in [1.29, 1.82) is 0 Å². The summed E-state index contributed by atoms with van der Waals surface area (Å²) in [6.07, 6.45) is 3.98. The van der Waals surface area contributed by atoms with Crippen molar-refractivity contribution in [2.24, 2.45) is 0 Å². The summed E-state index contributed by atoms with van der Waals surface area (Å²) in [4.78, 5) is 10.0. The molecule has 1 unspecified atom stereocenters. The minimum atomic E-state index is 0.355. The van der Waals surface area contributed by atoms with Crippen molar-refractivity contribution in [3.63, 3.8) is 0 Å². The largest absolute Gasteiger partial charge is 0.309 e. The number of nitrogens with zero attached hydrogens (tertiary/aromatic N) is 2. The minimum Gasteiger partial charge on any atom is -0.309 e. The highest BCUT2D eigenvalue weighted by Gasteiger charge is 2.17. The maximum Gasteiger partial charge on any atom is 0.0944 e. The average Bonchev–Trinajstić information content (AvgIpc) is 2.95. The topological polar surface area (TPSA) is 37.8 Å². The molecule has 1 atom stereocenters. The van der Waals surface area contributed by atoms with Gasteiger partial charge >= 0.3 is 0 Å². The number of aryl methyl sites for hydroxylation is 1. The van der Waals surface area contributed by atoms with E-state index >= 15 is 0 Å². The van der Waals surface area contributed by atoms with Crippen LogP contribution in [0, 0.1) is 6.92 Å². The molecule has 1 N–H and O–H groups in total. The van der Waals surface area contributed by atoms with E-state index in [1.165, 1.54) is 9.88 Å². The van der Waals surface area contributed by atoms with E-state index < -0.39 is 0 Å². The van der Waals surface area contributed by atoms with E-state index in [0.29, 0.717) is 6.04 Å². The van der Waals surface area contributed by atoms with E-state index in [0.717, 1.165) is 25.1 Å². The predicted octanol–water partition coefficient (Wildman–Crippen LogP) is 3.19. The molecule has 0 aliphatic rings. The molecule has 92 valence electrons. The van der Waals surface area contributed by atoms with Gasteiger partial charge in [0.2, 0.25) is 0 Å². The van der Waals surface area contributed by atoms with Crippen LogP contribution >= 0.6 is 22.7 Å². The van der Waals surface area contributed by atoms with Crippen LogP contribution < -0.4 is 5.32 Å². The van der Waals surface area contributed by atoms with Crippen molar-refractivity contribution < 1.29 is 0 Å². The second-order valence-corrected chi connectivity index (χ2v) is 5.80. The Balaban J connectivity index is 2.11. The molecule has 0 aliphatic carbocycles. The van der Waals surface area contributed by atoms with Crippen LogP contribution in [-0.4, -0.2) is 16.5 Å². The molecule has 0 saturated heterocycles. The van der Waals surface area contributed by atoms with Gasteiger partial charge in [0.25, 0.3) is 0 Å². The molecule has 0 spiro atoms. The molecular formula is C12H17N3S2. The summed E-state index contributed by atoms with van der Waals surface area (Å²) in [5, 5.41) is 6.81. The smallest absolute Gasteiger partial charge is 0.0944 e. The van der Waals surface area contributed by atoms with Gasteiger partial charge in [-0.1, -0.05) is 6.92 Å². The Kier molecular flexibility index (Phi) is 4.65. The minimum absolute atomic E-state index is 0.355. The first kappa shape index (κ1) is 12.7. The van der Waals surface area contributed by atoms with Crippen LogP contribution in [0.3, 0.4) is 0 Å². The number of hydrogen-bond acceptors (Lipinski definition) is 5. The Morgan fingerprint density at radius 1 is 1.35 bits per heavy atom. The van der Waals surface area contributed by atoms with Crippen molar-refractivity contribution in [1.82, 2.24) is 15.3 Å². The first-order valence-electron chi connectivity index (χ1n) is 5.83. The predicted molar refractivity (Wildman–Crippen MR) is 73.7 cm³/mol. The molecule has 2 rings (SSSR count). The third kappa shape index (κ3) is 3.34. The zero-order chi connectivity index (χ0) is 12.1. The quantitative estimate of drug-likeness (QED) is 0.873. The van der Waals surface area contributed by atoms with Gasteiger partial charge in [-0.2, -0.15) is 0 Å². The van der Waals surface area contributed by atoms with Crippen LogP contribution in [0.2, 0.25) is 0 Å². The first-order valence-corrected chi connectivity index (χ1v) is 7.59. The maximum atomic E-state index is 4.37. The van der Waals surface area contributed by atoms with Crippen molar-refractivity contribution in [3.8, 4) is 0 Å². The molecule has 2 aromatic rings. The molecule has 0 saturated carbocycles. The summed E-state index contributed by atoms with van der Waals surface area (Å²) >= 11 is 3.45. The van der Waals surface area contributed by atoms with E-state index in [-0.39, 0.29) is 0 Å². The number of rotatable bonds is 6. The lowest BCUT2D eigenvalue weighted by Crippen LogP contribution is -2.23. The molecule has 0 radical (unpaired) electrons. The molecule has 5 heteroatoms. The fourth-order valence-electron chi connectivity index (χ4n) is 1.75. The van der Waals surface area contributed by atoms with Gasteiger partial charge in [0.05, 0.1) is 16.2 Å². The van der Waals surface area contributed by atoms with E-state index in [9.17, 15) is 0 Å². The van der Waals surface area contributed by atoms with Crippen LogP contribution in [-0.2, 0) is 6.42 Å². The van der Waals surface area contributed by atoms with Crippen molar-refractivity contribution in [3.05, 3.63) is 32.7 Å². The van der Waals surface area contributed by atoms with Gasteiger partial charge in [-0.25, -0.2) is 9.97 Å². The van der Waals surface area contributed by atoms with Crippen LogP contribution in [0.25, 0.3) is 0 Å². The van der Waals surface area contributed by atoms with Gasteiger partial charge in [0.1, 0.15) is 0 Å². The molecule has 17 heavy (non-hydrogen) atoms. The third-order valence-electron chi connectivity index (χ3n) is 2.60. The zero-order valence-corrected chi connectivity index (χ0v) is 11.8. The van der Waals surface area contributed by atoms with Crippen molar-refractivity contribution >= 4 is 22.7 Å². The number of hydrogen-bond donors (Lipinski definition) is 1. The van der Waals surface area contributed by atoms with Gasteiger partial charge in [-0.3, -0.25) is 0 Å². The summed E-state index contributed by atoms with van der Waals surface area (Å²) in [6.45, 7) is 5.30. The summed E-state index contributed by atoms with van der Waals surface area (Å²) in [5.74, 6) is 0. The first-order chi connectivity index (χ1) is 8.31. The number of thiazole rings is 2. The van der Waals surface area contributed by atoms with Crippen molar-refractivity contribution in [2.75, 3.05) is 6.54 Å². The fraction of sp³-hybridized carbons (Fsp3) is 0.500. The van der Waals surface area contributed by atoms with Crippen LogP contribution in [0.4, 0.5) is 0 Å². The van der Waals surface area contributed by atoms with Gasteiger partial charge in [-0.15, -0.1) is 22.7 Å². The highest BCUT2D eigenvalue weighted by molar-refractivity contribution is 7.10. The zero-order valence-electron chi connectivity index (χ0n) is 10.1. The standard InChI is InChI=1S/C12H17N3S2/c1-3-4-13-10(7-11-14-5-6-16-11)12-9(2)15-8-17-12/h5-6,8,10,13H,3-4,7H2,1-2H3. The van der Waals surface area contributed by atoms with Gasteiger partial charge in [0, 0.05) is 28.9 Å². The highest BCUT2D eigenvalue weighted by Crippen LogP contribution is 2.25. The summed E-state index contributed by atoms with van der Waals surface area (Å²) in [6, 6.07) is 0.355. The Hall–Kier alpha value is -0.780. The molecule has 0 bridgehead atoms. The van der Waals surface area contributed by atoms with Crippen LogP contribution in [0.5, 0.6) is 0 Å². The number of nitrogens with one attached hydrogen (secondary N) is 1. The van der Waals surface area contributed by atoms with E-state index in [1.807, 2.05) is 17.1 Å². The fourth-order valence-corrected chi connectivity index (χ4v) is 3.29. The van der Waals surface area contributed by atoms with Gasteiger partial charge in [-0.05, 0) is 19.9 Å². The highest BCUT2D eigenvalue weighted by atomic mass is 32.1. The van der Waals surface area contributed by atoms with E-state index in [4.69, 9.17) is 0 Å². The van der Waals surface area contributed by atoms with E-state index in [1.54, 1.807) is 22.7 Å². The lowest BCUT2D eigenvalue weighted by Gasteiger charge is -2.16. The lowest BCUT2D eigenvalue weighted by molar-refractivity contribution is 0.533. The third-order valence-corrected chi connectivity index (χ3v) is 4.45. The van der Waals surface area contributed by atoms with Gasteiger partial charge < -0.3 is 5.32 Å². The molecule has 2 heterocycles. The molecule has 0 fully saturated rings. The SMILES string of the molecule is CCCNC(Cc1nccs1)c1scnc1C. The molecule has 2 aromatic heterocycles. The second kappa shape index (κ2) is 6.23. The monoisotopic (exact) mass is 267 g/mol. The number of aromatic nitrogens is 2. The Bertz CT molecular complexity index is 436. The molecule has 3 nitrogen and oxygen atoms in total. The second-order valence-electron chi connectivity index (χ2n) is 3.94. The lowest BCUT2D eigenvalue weighted by atomic mass is 10.1. The van der Waals surface area contributed by atoms with Crippen LogP contribution in [0.15, 0.2) is 17.1 Å².